The van der Waals surface area contributed by atoms with Crippen LogP contribution in [0.4, 0.5) is 4.39 Å². The topological polar surface area (TPSA) is 55.8 Å². The highest BCUT2D eigenvalue weighted by atomic mass is 19.1. The summed E-state index contributed by atoms with van der Waals surface area (Å²) in [5.74, 6) is -0.280. The number of nitrogens with one attached hydrogen (secondary N) is 1. The number of hydrogen-bond acceptors (Lipinski definition) is 4. The molecule has 0 bridgehead atoms. The normalized spacial score (nSPS) is 15.7. The van der Waals surface area contributed by atoms with Crippen molar-refractivity contribution in [3.05, 3.63) is 29.6 Å². The number of aromatic hydroxyl groups is 1. The van der Waals surface area contributed by atoms with Gasteiger partial charge >= 0.3 is 0 Å². The molecular formula is C14H20FN3O2. The molecule has 0 aliphatic carbocycles. The summed E-state index contributed by atoms with van der Waals surface area (Å²) < 4.78 is 13.1. The molecule has 20 heavy (non-hydrogen) atoms. The third-order valence-corrected chi connectivity index (χ3v) is 3.36. The highest BCUT2D eigenvalue weighted by Gasteiger charge is 2.18. The van der Waals surface area contributed by atoms with E-state index in [4.69, 9.17) is 0 Å². The van der Waals surface area contributed by atoms with Gasteiger partial charge in [0.05, 0.1) is 6.54 Å². The fraction of sp³-hybridized carbons (Fsp3) is 0.500. The average molecular weight is 281 g/mol. The second kappa shape index (κ2) is 6.67. The first-order chi connectivity index (χ1) is 9.56. The van der Waals surface area contributed by atoms with E-state index in [1.807, 2.05) is 4.90 Å². The van der Waals surface area contributed by atoms with Gasteiger partial charge in [0.15, 0.2) is 0 Å². The van der Waals surface area contributed by atoms with E-state index >= 15 is 0 Å². The molecule has 1 aromatic carbocycles. The Hall–Kier alpha value is -1.66. The quantitative estimate of drug-likeness (QED) is 0.838. The van der Waals surface area contributed by atoms with E-state index < -0.39 is 0 Å². The smallest absolute Gasteiger partial charge is 0.236 e. The van der Waals surface area contributed by atoms with E-state index in [9.17, 15) is 14.3 Å². The van der Waals surface area contributed by atoms with Crippen molar-refractivity contribution in [2.75, 3.05) is 39.8 Å². The number of carbonyl (C=O) groups excluding carboxylic acids is 1. The fourth-order valence-corrected chi connectivity index (χ4v) is 2.27. The molecule has 1 saturated heterocycles. The van der Waals surface area contributed by atoms with E-state index in [2.05, 4.69) is 5.32 Å². The summed E-state index contributed by atoms with van der Waals surface area (Å²) >= 11 is 0. The number of halogens is 1. The molecule has 110 valence electrons. The molecule has 1 aromatic rings. The lowest BCUT2D eigenvalue weighted by atomic mass is 10.2. The summed E-state index contributed by atoms with van der Waals surface area (Å²) in [6.07, 6.45) is 0. The van der Waals surface area contributed by atoms with Crippen LogP contribution in [-0.4, -0.2) is 60.6 Å². The van der Waals surface area contributed by atoms with Gasteiger partial charge in [-0.25, -0.2) is 4.39 Å². The molecule has 0 spiro atoms. The van der Waals surface area contributed by atoms with Gasteiger partial charge < -0.3 is 15.3 Å². The van der Waals surface area contributed by atoms with Crippen LogP contribution in [-0.2, 0) is 11.3 Å². The summed E-state index contributed by atoms with van der Waals surface area (Å²) in [4.78, 5) is 15.7. The molecule has 1 heterocycles. The summed E-state index contributed by atoms with van der Waals surface area (Å²) in [6.45, 7) is 3.67. The van der Waals surface area contributed by atoms with Crippen molar-refractivity contribution < 1.29 is 14.3 Å². The predicted molar refractivity (Wildman–Crippen MR) is 73.8 cm³/mol. The van der Waals surface area contributed by atoms with Crippen molar-refractivity contribution in [1.29, 1.82) is 0 Å². The minimum atomic E-state index is -0.389. The lowest BCUT2D eigenvalue weighted by molar-refractivity contribution is -0.132. The summed E-state index contributed by atoms with van der Waals surface area (Å²) in [5.41, 5.74) is 0.487. The van der Waals surface area contributed by atoms with E-state index in [1.54, 1.807) is 11.9 Å². The molecule has 0 unspecified atom stereocenters. The SMILES string of the molecule is CN(CC(=O)N1CCNCC1)Cc1cc(F)ccc1O. The van der Waals surface area contributed by atoms with Crippen LogP contribution in [0.15, 0.2) is 18.2 Å². The zero-order chi connectivity index (χ0) is 14.5. The van der Waals surface area contributed by atoms with Gasteiger partial charge in [-0.3, -0.25) is 9.69 Å². The van der Waals surface area contributed by atoms with Gasteiger partial charge in [-0.05, 0) is 25.2 Å². The Morgan fingerprint density at radius 2 is 2.15 bits per heavy atom. The van der Waals surface area contributed by atoms with Gasteiger partial charge in [0.1, 0.15) is 11.6 Å². The highest BCUT2D eigenvalue weighted by Crippen LogP contribution is 2.19. The van der Waals surface area contributed by atoms with Crippen LogP contribution in [0.3, 0.4) is 0 Å². The first-order valence-electron chi connectivity index (χ1n) is 6.70. The number of phenolic OH excluding ortho intramolecular Hbond substituents is 1. The third kappa shape index (κ3) is 3.91. The Morgan fingerprint density at radius 1 is 1.45 bits per heavy atom. The Kier molecular flexibility index (Phi) is 4.92. The van der Waals surface area contributed by atoms with Crippen LogP contribution in [0, 0.1) is 5.82 Å². The molecule has 0 aromatic heterocycles. The maximum Gasteiger partial charge on any atom is 0.236 e. The van der Waals surface area contributed by atoms with E-state index in [0.29, 0.717) is 12.1 Å². The predicted octanol–water partition coefficient (Wildman–Crippen LogP) is 0.395. The van der Waals surface area contributed by atoms with Gasteiger partial charge in [-0.2, -0.15) is 0 Å². The zero-order valence-electron chi connectivity index (χ0n) is 11.6. The summed E-state index contributed by atoms with van der Waals surface area (Å²) in [6, 6.07) is 3.84. The Balaban J connectivity index is 1.89. The second-order valence-electron chi connectivity index (χ2n) is 5.08. The van der Waals surface area contributed by atoms with Gasteiger partial charge in [-0.15, -0.1) is 0 Å². The Morgan fingerprint density at radius 3 is 2.85 bits per heavy atom. The van der Waals surface area contributed by atoms with Crippen molar-refractivity contribution in [3.63, 3.8) is 0 Å². The largest absolute Gasteiger partial charge is 0.508 e. The number of carbonyl (C=O) groups is 1. The fourth-order valence-electron chi connectivity index (χ4n) is 2.27. The molecule has 1 aliphatic rings. The van der Waals surface area contributed by atoms with Crippen molar-refractivity contribution >= 4 is 5.91 Å². The number of nitrogens with zero attached hydrogens (tertiary/aromatic N) is 2. The maximum absolute atomic E-state index is 13.1. The molecule has 6 heteroatoms. The molecule has 2 N–H and O–H groups in total. The monoisotopic (exact) mass is 281 g/mol. The van der Waals surface area contributed by atoms with Crippen LogP contribution in [0.5, 0.6) is 5.75 Å². The number of benzene rings is 1. The maximum atomic E-state index is 13.1. The number of rotatable bonds is 4. The summed E-state index contributed by atoms with van der Waals surface area (Å²) in [5, 5.41) is 12.9. The van der Waals surface area contributed by atoms with Crippen LogP contribution in [0.1, 0.15) is 5.56 Å². The first kappa shape index (κ1) is 14.7. The molecule has 0 radical (unpaired) electrons. The van der Waals surface area contributed by atoms with Crippen LogP contribution < -0.4 is 5.32 Å². The van der Waals surface area contributed by atoms with Crippen LogP contribution in [0.2, 0.25) is 0 Å². The van der Waals surface area contributed by atoms with Gasteiger partial charge in [0.25, 0.3) is 0 Å². The van der Waals surface area contributed by atoms with Crippen molar-refractivity contribution in [2.24, 2.45) is 0 Å². The number of amides is 1. The van der Waals surface area contributed by atoms with E-state index in [0.717, 1.165) is 26.2 Å². The standard InChI is InChI=1S/C14H20FN3O2/c1-17(9-11-8-12(15)2-3-13(11)19)10-14(20)18-6-4-16-5-7-18/h2-3,8,16,19H,4-7,9-10H2,1H3. The third-order valence-electron chi connectivity index (χ3n) is 3.36. The summed E-state index contributed by atoms with van der Waals surface area (Å²) in [7, 11) is 1.78. The van der Waals surface area contributed by atoms with Gasteiger partial charge in [0, 0.05) is 38.3 Å². The number of phenols is 1. The zero-order valence-corrected chi connectivity index (χ0v) is 11.6. The molecule has 1 amide bonds. The van der Waals surface area contributed by atoms with Crippen LogP contribution in [0.25, 0.3) is 0 Å². The number of hydrogen-bond donors (Lipinski definition) is 2. The minimum Gasteiger partial charge on any atom is -0.508 e. The Labute approximate surface area is 118 Å². The van der Waals surface area contributed by atoms with E-state index in [-0.39, 0.29) is 24.0 Å². The molecule has 1 aliphatic heterocycles. The number of likely N-dealkylation sites (N-methyl/N-ethyl adjacent to an activating group) is 1. The second-order valence-corrected chi connectivity index (χ2v) is 5.08. The van der Waals surface area contributed by atoms with E-state index in [1.165, 1.54) is 18.2 Å². The highest BCUT2D eigenvalue weighted by molar-refractivity contribution is 5.78. The Bertz CT molecular complexity index is 475. The van der Waals surface area contributed by atoms with Crippen LogP contribution >= 0.6 is 0 Å². The lowest BCUT2D eigenvalue weighted by Gasteiger charge is -2.29. The van der Waals surface area contributed by atoms with Crippen molar-refractivity contribution in [3.8, 4) is 5.75 Å². The molecule has 0 atom stereocenters. The van der Waals surface area contributed by atoms with Crippen molar-refractivity contribution in [1.82, 2.24) is 15.1 Å². The first-order valence-corrected chi connectivity index (χ1v) is 6.70. The lowest BCUT2D eigenvalue weighted by Crippen LogP contribution is -2.49. The minimum absolute atomic E-state index is 0.0490. The molecule has 2 rings (SSSR count). The molecule has 1 fully saturated rings. The molecular weight excluding hydrogens is 261 g/mol. The average Bonchev–Trinajstić information content (AvgIpc) is 2.43. The molecule has 0 saturated carbocycles. The number of piperazine rings is 1. The van der Waals surface area contributed by atoms with Gasteiger partial charge in [0.2, 0.25) is 5.91 Å². The molecule has 5 nitrogen and oxygen atoms in total. The van der Waals surface area contributed by atoms with Crippen molar-refractivity contribution in [2.45, 2.75) is 6.54 Å². The van der Waals surface area contributed by atoms with Gasteiger partial charge in [-0.1, -0.05) is 0 Å².